The lowest BCUT2D eigenvalue weighted by molar-refractivity contribution is 0.172. The van der Waals surface area contributed by atoms with E-state index in [1.807, 2.05) is 0 Å². The average molecular weight is 112 g/mol. The molecule has 0 saturated heterocycles. The van der Waals surface area contributed by atoms with E-state index in [2.05, 4.69) is 4.99 Å². The number of hydrogen-bond acceptors (Lipinski definition) is 3. The zero-order valence-electron chi connectivity index (χ0n) is 4.55. The molecule has 44 valence electrons. The first-order valence-electron chi connectivity index (χ1n) is 2.55. The fourth-order valence-electron chi connectivity index (χ4n) is 0.563. The molecule has 3 heteroatoms. The van der Waals surface area contributed by atoms with E-state index in [1.54, 1.807) is 0 Å². The Labute approximate surface area is 47.9 Å². The van der Waals surface area contributed by atoms with Crippen molar-refractivity contribution < 1.29 is 4.74 Å². The van der Waals surface area contributed by atoms with Crippen LogP contribution in [0.25, 0.3) is 0 Å². The van der Waals surface area contributed by atoms with Crippen molar-refractivity contribution in [2.45, 2.75) is 0 Å². The SMILES string of the molecule is N=CC1=NCCOC1. The summed E-state index contributed by atoms with van der Waals surface area (Å²) >= 11 is 0. The Morgan fingerprint density at radius 3 is 3.00 bits per heavy atom. The number of hydrogen-bond donors (Lipinski definition) is 1. The summed E-state index contributed by atoms with van der Waals surface area (Å²) in [6.07, 6.45) is 1.24. The van der Waals surface area contributed by atoms with Crippen LogP contribution in [0.1, 0.15) is 0 Å². The molecule has 1 aliphatic rings. The number of ether oxygens (including phenoxy) is 1. The summed E-state index contributed by atoms with van der Waals surface area (Å²) in [6.45, 7) is 1.94. The average Bonchev–Trinajstić information content (AvgIpc) is 1.90. The van der Waals surface area contributed by atoms with Gasteiger partial charge in [0.2, 0.25) is 0 Å². The molecule has 0 unspecified atom stereocenters. The minimum absolute atomic E-state index is 0.517. The highest BCUT2D eigenvalue weighted by molar-refractivity contribution is 6.30. The normalized spacial score (nSPS) is 19.8. The third-order valence-corrected chi connectivity index (χ3v) is 0.967. The lowest BCUT2D eigenvalue weighted by Gasteiger charge is -2.07. The third-order valence-electron chi connectivity index (χ3n) is 0.967. The molecule has 0 atom stereocenters. The van der Waals surface area contributed by atoms with Gasteiger partial charge in [0, 0.05) is 6.21 Å². The Morgan fingerprint density at radius 1 is 1.75 bits per heavy atom. The van der Waals surface area contributed by atoms with E-state index < -0.39 is 0 Å². The van der Waals surface area contributed by atoms with Gasteiger partial charge < -0.3 is 10.1 Å². The predicted octanol–water partition coefficient (Wildman–Crippen LogP) is 0.107. The maximum Gasteiger partial charge on any atom is 0.0899 e. The topological polar surface area (TPSA) is 45.4 Å². The molecule has 3 nitrogen and oxygen atoms in total. The van der Waals surface area contributed by atoms with Gasteiger partial charge in [0.05, 0.1) is 25.5 Å². The first kappa shape index (κ1) is 5.44. The van der Waals surface area contributed by atoms with Gasteiger partial charge >= 0.3 is 0 Å². The molecule has 8 heavy (non-hydrogen) atoms. The molecular formula is C5H8N2O. The minimum atomic E-state index is 0.517. The lowest BCUT2D eigenvalue weighted by Crippen LogP contribution is -2.18. The van der Waals surface area contributed by atoms with Gasteiger partial charge in [0.1, 0.15) is 0 Å². The maximum absolute atomic E-state index is 6.76. The van der Waals surface area contributed by atoms with Gasteiger partial charge in [-0.05, 0) is 0 Å². The van der Waals surface area contributed by atoms with Gasteiger partial charge in [-0.25, -0.2) is 0 Å². The van der Waals surface area contributed by atoms with Crippen LogP contribution in [0.2, 0.25) is 0 Å². The summed E-state index contributed by atoms with van der Waals surface area (Å²) in [5.41, 5.74) is 0.747. The molecule has 1 heterocycles. The highest BCUT2D eigenvalue weighted by Gasteiger charge is 1.99. The number of nitrogens with one attached hydrogen (secondary N) is 1. The molecule has 0 amide bonds. The second-order valence-electron chi connectivity index (χ2n) is 1.57. The van der Waals surface area contributed by atoms with Crippen molar-refractivity contribution >= 4 is 11.9 Å². The van der Waals surface area contributed by atoms with E-state index in [0.717, 1.165) is 5.71 Å². The molecular weight excluding hydrogens is 104 g/mol. The number of rotatable bonds is 1. The van der Waals surface area contributed by atoms with Crippen molar-refractivity contribution in [3.8, 4) is 0 Å². The molecule has 1 N–H and O–H groups in total. The van der Waals surface area contributed by atoms with Crippen molar-refractivity contribution in [3.63, 3.8) is 0 Å². The maximum atomic E-state index is 6.76. The molecule has 0 saturated carbocycles. The Balaban J connectivity index is 2.49. The number of aliphatic imine (C=N–C) groups is 1. The highest BCUT2D eigenvalue weighted by Crippen LogP contribution is 1.87. The second-order valence-corrected chi connectivity index (χ2v) is 1.57. The van der Waals surface area contributed by atoms with E-state index in [-0.39, 0.29) is 0 Å². The Morgan fingerprint density at radius 2 is 2.62 bits per heavy atom. The van der Waals surface area contributed by atoms with Crippen LogP contribution in [0, 0.1) is 5.41 Å². The Hall–Kier alpha value is -0.700. The van der Waals surface area contributed by atoms with Gasteiger partial charge in [-0.3, -0.25) is 4.99 Å². The van der Waals surface area contributed by atoms with E-state index in [9.17, 15) is 0 Å². The van der Waals surface area contributed by atoms with Crippen molar-refractivity contribution in [1.29, 1.82) is 5.41 Å². The summed E-state index contributed by atoms with van der Waals surface area (Å²) in [6, 6.07) is 0. The first-order chi connectivity index (χ1) is 3.93. The summed E-state index contributed by atoms with van der Waals surface area (Å²) in [5.74, 6) is 0. The zero-order valence-corrected chi connectivity index (χ0v) is 4.55. The first-order valence-corrected chi connectivity index (χ1v) is 2.55. The van der Waals surface area contributed by atoms with Crippen molar-refractivity contribution in [3.05, 3.63) is 0 Å². The van der Waals surface area contributed by atoms with Crippen LogP contribution < -0.4 is 0 Å². The number of nitrogens with zero attached hydrogens (tertiary/aromatic N) is 1. The van der Waals surface area contributed by atoms with Crippen LogP contribution in [0.4, 0.5) is 0 Å². The second kappa shape index (κ2) is 2.57. The van der Waals surface area contributed by atoms with Crippen LogP contribution in [0.3, 0.4) is 0 Å². The van der Waals surface area contributed by atoms with Crippen LogP contribution in [-0.2, 0) is 4.74 Å². The molecule has 0 radical (unpaired) electrons. The molecule has 0 aromatic heterocycles. The summed E-state index contributed by atoms with van der Waals surface area (Å²) < 4.78 is 4.99. The standard InChI is InChI=1S/C5H8N2O/c6-3-5-4-8-2-1-7-5/h3,6H,1-2,4H2. The third kappa shape index (κ3) is 1.13. The monoisotopic (exact) mass is 112 g/mol. The fraction of sp³-hybridized carbons (Fsp3) is 0.600. The quantitative estimate of drug-likeness (QED) is 0.481. The minimum Gasteiger partial charge on any atom is -0.373 e. The molecule has 0 bridgehead atoms. The van der Waals surface area contributed by atoms with Gasteiger partial charge in [-0.2, -0.15) is 0 Å². The van der Waals surface area contributed by atoms with Gasteiger partial charge in [0.25, 0.3) is 0 Å². The molecule has 0 aromatic carbocycles. The van der Waals surface area contributed by atoms with Crippen LogP contribution in [-0.4, -0.2) is 31.7 Å². The Bertz CT molecular complexity index is 120. The molecule has 0 fully saturated rings. The molecule has 0 aromatic rings. The van der Waals surface area contributed by atoms with Crippen molar-refractivity contribution in [2.24, 2.45) is 4.99 Å². The molecule has 0 spiro atoms. The van der Waals surface area contributed by atoms with E-state index >= 15 is 0 Å². The summed E-state index contributed by atoms with van der Waals surface area (Å²) in [7, 11) is 0. The van der Waals surface area contributed by atoms with E-state index in [1.165, 1.54) is 6.21 Å². The van der Waals surface area contributed by atoms with E-state index in [4.69, 9.17) is 10.1 Å². The van der Waals surface area contributed by atoms with Crippen molar-refractivity contribution in [1.82, 2.24) is 0 Å². The van der Waals surface area contributed by atoms with Gasteiger partial charge in [-0.1, -0.05) is 0 Å². The van der Waals surface area contributed by atoms with Crippen LogP contribution in [0.5, 0.6) is 0 Å². The molecule has 0 aliphatic carbocycles. The van der Waals surface area contributed by atoms with Crippen LogP contribution >= 0.6 is 0 Å². The Kier molecular flexibility index (Phi) is 1.75. The van der Waals surface area contributed by atoms with Crippen molar-refractivity contribution in [2.75, 3.05) is 19.8 Å². The summed E-state index contributed by atoms with van der Waals surface area (Å²) in [5, 5.41) is 6.76. The molecule has 1 rings (SSSR count). The van der Waals surface area contributed by atoms with E-state index in [0.29, 0.717) is 19.8 Å². The predicted molar refractivity (Wildman–Crippen MR) is 31.9 cm³/mol. The van der Waals surface area contributed by atoms with Crippen LogP contribution in [0.15, 0.2) is 4.99 Å². The fourth-order valence-corrected chi connectivity index (χ4v) is 0.563. The highest BCUT2D eigenvalue weighted by atomic mass is 16.5. The summed E-state index contributed by atoms with van der Waals surface area (Å²) in [4.78, 5) is 4.00. The molecule has 1 aliphatic heterocycles. The van der Waals surface area contributed by atoms with Gasteiger partial charge in [-0.15, -0.1) is 0 Å². The largest absolute Gasteiger partial charge is 0.373 e. The lowest BCUT2D eigenvalue weighted by atomic mass is 10.4. The zero-order chi connectivity index (χ0) is 5.82. The van der Waals surface area contributed by atoms with Gasteiger partial charge in [0.15, 0.2) is 0 Å². The smallest absolute Gasteiger partial charge is 0.0899 e.